The third-order valence-corrected chi connectivity index (χ3v) is 2.90. The summed E-state index contributed by atoms with van der Waals surface area (Å²) in [5, 5.41) is 10.3. The first-order valence-corrected chi connectivity index (χ1v) is 6.53. The van der Waals surface area contributed by atoms with E-state index in [0.29, 0.717) is 35.0 Å². The Kier molecular flexibility index (Phi) is 4.32. The Labute approximate surface area is 122 Å². The molecule has 0 unspecified atom stereocenters. The molecule has 1 aromatic heterocycles. The van der Waals surface area contributed by atoms with Crippen LogP contribution in [0.4, 0.5) is 11.6 Å². The fraction of sp³-hybridized carbons (Fsp3) is 0.286. The Balaban J connectivity index is 2.28. The molecular formula is C14H17N5O2. The highest BCUT2D eigenvalue weighted by Crippen LogP contribution is 2.26. The molecule has 1 heterocycles. The SMILES string of the molecule is CCOc1c(N)cccc1C(=O)Nc1nnc(C)c(C)n1. The quantitative estimate of drug-likeness (QED) is 0.830. The molecule has 2 aromatic rings. The molecule has 0 saturated heterocycles. The predicted molar refractivity (Wildman–Crippen MR) is 79.3 cm³/mol. The van der Waals surface area contributed by atoms with Crippen LogP contribution in [0.1, 0.15) is 28.7 Å². The number of nitrogens with two attached hydrogens (primary N) is 1. The van der Waals surface area contributed by atoms with E-state index in [2.05, 4.69) is 20.5 Å². The second-order valence-electron chi connectivity index (χ2n) is 4.42. The topological polar surface area (TPSA) is 103 Å². The van der Waals surface area contributed by atoms with Crippen LogP contribution < -0.4 is 15.8 Å². The van der Waals surface area contributed by atoms with Crippen LogP contribution in [0.15, 0.2) is 18.2 Å². The van der Waals surface area contributed by atoms with Gasteiger partial charge in [0, 0.05) is 0 Å². The summed E-state index contributed by atoms with van der Waals surface area (Å²) >= 11 is 0. The summed E-state index contributed by atoms with van der Waals surface area (Å²) in [4.78, 5) is 16.5. The normalized spacial score (nSPS) is 10.2. The molecular weight excluding hydrogens is 270 g/mol. The first-order valence-electron chi connectivity index (χ1n) is 6.53. The molecule has 0 spiro atoms. The number of hydrogen-bond donors (Lipinski definition) is 2. The largest absolute Gasteiger partial charge is 0.491 e. The monoisotopic (exact) mass is 287 g/mol. The number of ether oxygens (including phenoxy) is 1. The van der Waals surface area contributed by atoms with Gasteiger partial charge in [0.15, 0.2) is 5.75 Å². The number of hydrogen-bond acceptors (Lipinski definition) is 6. The standard InChI is InChI=1S/C14H17N5O2/c1-4-21-12-10(6-5-7-11(12)15)13(20)17-14-16-8(2)9(3)18-19-14/h5-7H,4,15H2,1-3H3,(H,16,17,19,20). The van der Waals surface area contributed by atoms with Crippen LogP contribution in [0.2, 0.25) is 0 Å². The third-order valence-electron chi connectivity index (χ3n) is 2.90. The van der Waals surface area contributed by atoms with Crippen molar-refractivity contribution in [2.45, 2.75) is 20.8 Å². The van der Waals surface area contributed by atoms with E-state index in [9.17, 15) is 4.79 Å². The molecule has 0 fully saturated rings. The minimum Gasteiger partial charge on any atom is -0.491 e. The van der Waals surface area contributed by atoms with E-state index in [-0.39, 0.29) is 5.95 Å². The van der Waals surface area contributed by atoms with E-state index >= 15 is 0 Å². The van der Waals surface area contributed by atoms with E-state index in [1.807, 2.05) is 6.92 Å². The van der Waals surface area contributed by atoms with Gasteiger partial charge in [-0.2, -0.15) is 5.10 Å². The lowest BCUT2D eigenvalue weighted by molar-refractivity contribution is 0.102. The number of aromatic nitrogens is 3. The van der Waals surface area contributed by atoms with E-state index < -0.39 is 5.91 Å². The minimum absolute atomic E-state index is 0.146. The molecule has 7 heteroatoms. The number of anilines is 2. The molecule has 1 amide bonds. The number of rotatable bonds is 4. The lowest BCUT2D eigenvalue weighted by atomic mass is 10.1. The molecule has 0 saturated carbocycles. The summed E-state index contributed by atoms with van der Waals surface area (Å²) in [5.74, 6) is 0.109. The number of para-hydroxylation sites is 1. The van der Waals surface area contributed by atoms with Gasteiger partial charge in [-0.05, 0) is 32.9 Å². The number of amides is 1. The van der Waals surface area contributed by atoms with E-state index in [1.165, 1.54) is 0 Å². The number of carbonyl (C=O) groups excluding carboxylic acids is 1. The average Bonchev–Trinajstić information content (AvgIpc) is 2.45. The molecule has 110 valence electrons. The van der Waals surface area contributed by atoms with Crippen molar-refractivity contribution < 1.29 is 9.53 Å². The fourth-order valence-electron chi connectivity index (χ4n) is 1.72. The van der Waals surface area contributed by atoms with Crippen molar-refractivity contribution in [3.8, 4) is 5.75 Å². The molecule has 1 aromatic carbocycles. The fourth-order valence-corrected chi connectivity index (χ4v) is 1.72. The molecule has 2 rings (SSSR count). The highest BCUT2D eigenvalue weighted by atomic mass is 16.5. The van der Waals surface area contributed by atoms with Crippen molar-refractivity contribution in [1.82, 2.24) is 15.2 Å². The van der Waals surface area contributed by atoms with Gasteiger partial charge in [0.25, 0.3) is 5.91 Å². The summed E-state index contributed by atoms with van der Waals surface area (Å²) in [7, 11) is 0. The maximum absolute atomic E-state index is 12.3. The first kappa shape index (κ1) is 14.7. The zero-order valence-corrected chi connectivity index (χ0v) is 12.2. The molecule has 3 N–H and O–H groups in total. The summed E-state index contributed by atoms with van der Waals surface area (Å²) in [6, 6.07) is 4.99. The Bertz CT molecular complexity index is 672. The van der Waals surface area contributed by atoms with Crippen LogP contribution in [-0.4, -0.2) is 27.7 Å². The van der Waals surface area contributed by atoms with Crippen molar-refractivity contribution in [1.29, 1.82) is 0 Å². The highest BCUT2D eigenvalue weighted by molar-refractivity contribution is 6.06. The predicted octanol–water partition coefficient (Wildman–Crippen LogP) is 1.72. The van der Waals surface area contributed by atoms with Crippen molar-refractivity contribution in [2.75, 3.05) is 17.7 Å². The summed E-state index contributed by atoms with van der Waals surface area (Å²) in [5.41, 5.74) is 7.99. The Morgan fingerprint density at radius 3 is 2.71 bits per heavy atom. The Morgan fingerprint density at radius 1 is 1.29 bits per heavy atom. The zero-order valence-electron chi connectivity index (χ0n) is 12.2. The van der Waals surface area contributed by atoms with Crippen LogP contribution in [0, 0.1) is 13.8 Å². The van der Waals surface area contributed by atoms with Crippen molar-refractivity contribution in [2.24, 2.45) is 0 Å². The van der Waals surface area contributed by atoms with Crippen LogP contribution in [0.25, 0.3) is 0 Å². The minimum atomic E-state index is -0.393. The van der Waals surface area contributed by atoms with Gasteiger partial charge < -0.3 is 10.5 Å². The molecule has 0 aliphatic heterocycles. The number of carbonyl (C=O) groups is 1. The van der Waals surface area contributed by atoms with Gasteiger partial charge in [0.2, 0.25) is 5.95 Å². The van der Waals surface area contributed by atoms with Gasteiger partial charge >= 0.3 is 0 Å². The van der Waals surface area contributed by atoms with E-state index in [0.717, 1.165) is 0 Å². The Morgan fingerprint density at radius 2 is 2.05 bits per heavy atom. The van der Waals surface area contributed by atoms with E-state index in [4.69, 9.17) is 10.5 Å². The lowest BCUT2D eigenvalue weighted by Gasteiger charge is -2.12. The first-order chi connectivity index (χ1) is 10.0. The number of nitrogen functional groups attached to an aromatic ring is 1. The molecule has 0 atom stereocenters. The molecule has 0 bridgehead atoms. The third kappa shape index (κ3) is 3.25. The second kappa shape index (κ2) is 6.17. The van der Waals surface area contributed by atoms with Crippen LogP contribution in [-0.2, 0) is 0 Å². The maximum atomic E-state index is 12.3. The number of nitrogens with zero attached hydrogens (tertiary/aromatic N) is 3. The molecule has 0 radical (unpaired) electrons. The van der Waals surface area contributed by atoms with Crippen LogP contribution in [0.5, 0.6) is 5.75 Å². The highest BCUT2D eigenvalue weighted by Gasteiger charge is 2.16. The van der Waals surface area contributed by atoms with Gasteiger partial charge in [0.1, 0.15) is 0 Å². The summed E-state index contributed by atoms with van der Waals surface area (Å²) in [6.07, 6.45) is 0. The average molecular weight is 287 g/mol. The van der Waals surface area contributed by atoms with Gasteiger partial charge in [-0.15, -0.1) is 5.10 Å². The number of benzene rings is 1. The van der Waals surface area contributed by atoms with Gasteiger partial charge in [-0.3, -0.25) is 10.1 Å². The Hall–Kier alpha value is -2.70. The molecule has 7 nitrogen and oxygen atoms in total. The summed E-state index contributed by atoms with van der Waals surface area (Å²) < 4.78 is 5.43. The second-order valence-corrected chi connectivity index (χ2v) is 4.42. The smallest absolute Gasteiger partial charge is 0.261 e. The van der Waals surface area contributed by atoms with Crippen LogP contribution in [0.3, 0.4) is 0 Å². The summed E-state index contributed by atoms with van der Waals surface area (Å²) in [6.45, 7) is 5.83. The maximum Gasteiger partial charge on any atom is 0.261 e. The van der Waals surface area contributed by atoms with E-state index in [1.54, 1.807) is 32.0 Å². The van der Waals surface area contributed by atoms with Crippen LogP contribution >= 0.6 is 0 Å². The number of aryl methyl sites for hydroxylation is 2. The van der Waals surface area contributed by atoms with Crippen molar-refractivity contribution in [3.05, 3.63) is 35.2 Å². The van der Waals surface area contributed by atoms with Gasteiger partial charge in [-0.1, -0.05) is 6.07 Å². The lowest BCUT2D eigenvalue weighted by Crippen LogP contribution is -2.17. The molecule has 21 heavy (non-hydrogen) atoms. The molecule has 0 aliphatic carbocycles. The number of nitrogens with one attached hydrogen (secondary N) is 1. The van der Waals surface area contributed by atoms with Gasteiger partial charge in [-0.25, -0.2) is 4.98 Å². The van der Waals surface area contributed by atoms with Gasteiger partial charge in [0.05, 0.1) is 29.2 Å². The zero-order chi connectivity index (χ0) is 15.4. The molecule has 0 aliphatic rings. The van der Waals surface area contributed by atoms with Crippen molar-refractivity contribution in [3.63, 3.8) is 0 Å². The van der Waals surface area contributed by atoms with Crippen molar-refractivity contribution >= 4 is 17.5 Å².